The summed E-state index contributed by atoms with van der Waals surface area (Å²) in [6, 6.07) is 2.85. The van der Waals surface area contributed by atoms with Crippen LogP contribution in [0.15, 0.2) is 39.6 Å². The molecule has 1 aliphatic heterocycles. The molecule has 1 aromatic heterocycles. The lowest BCUT2D eigenvalue weighted by atomic mass is 9.76. The highest BCUT2D eigenvalue weighted by Crippen LogP contribution is 2.57. The zero-order valence-electron chi connectivity index (χ0n) is 18.8. The van der Waals surface area contributed by atoms with Gasteiger partial charge in [0, 0.05) is 29.2 Å². The highest BCUT2D eigenvalue weighted by molar-refractivity contribution is 5.92. The Morgan fingerprint density at radius 1 is 1.21 bits per heavy atom. The van der Waals surface area contributed by atoms with E-state index in [0.717, 1.165) is 0 Å². The Morgan fingerprint density at radius 2 is 1.94 bits per heavy atom. The van der Waals surface area contributed by atoms with Crippen molar-refractivity contribution in [2.45, 2.75) is 38.7 Å². The molecule has 1 aliphatic carbocycles. The number of aromatic hydroxyl groups is 3. The Kier molecular flexibility index (Phi) is 4.34. The first-order valence-electron chi connectivity index (χ1n) is 10.6. The number of methoxy groups -OCH3 is 1. The first-order chi connectivity index (χ1) is 15.5. The summed E-state index contributed by atoms with van der Waals surface area (Å²) in [5.74, 6) is -0.374. The van der Waals surface area contributed by atoms with Gasteiger partial charge >= 0.3 is 0 Å². The van der Waals surface area contributed by atoms with Crippen LogP contribution < -0.4 is 14.9 Å². The third-order valence-corrected chi connectivity index (χ3v) is 6.35. The van der Waals surface area contributed by atoms with Crippen molar-refractivity contribution in [2.75, 3.05) is 7.11 Å². The van der Waals surface area contributed by atoms with Crippen LogP contribution in [0.25, 0.3) is 28.4 Å². The minimum absolute atomic E-state index is 0.0325. The number of allylic oxidation sites excluding steroid dienone is 1. The Bertz CT molecular complexity index is 1460. The maximum absolute atomic E-state index is 13.5. The summed E-state index contributed by atoms with van der Waals surface area (Å²) in [7, 11) is 1.44. The lowest BCUT2D eigenvalue weighted by molar-refractivity contribution is 0.151. The van der Waals surface area contributed by atoms with Crippen molar-refractivity contribution in [3.05, 3.63) is 57.3 Å². The number of phenols is 3. The molecule has 0 radical (unpaired) electrons. The molecule has 5 rings (SSSR count). The highest BCUT2D eigenvalue weighted by Gasteiger charge is 2.39. The number of ether oxygens (including phenoxy) is 2. The first-order valence-corrected chi connectivity index (χ1v) is 10.6. The van der Waals surface area contributed by atoms with E-state index in [1.54, 1.807) is 19.1 Å². The van der Waals surface area contributed by atoms with E-state index < -0.39 is 16.9 Å². The van der Waals surface area contributed by atoms with Crippen LogP contribution in [0.4, 0.5) is 0 Å². The summed E-state index contributed by atoms with van der Waals surface area (Å²) >= 11 is 0. The van der Waals surface area contributed by atoms with Gasteiger partial charge in [0.2, 0.25) is 0 Å². The Morgan fingerprint density at radius 3 is 2.61 bits per heavy atom. The van der Waals surface area contributed by atoms with E-state index in [1.165, 1.54) is 19.2 Å². The maximum atomic E-state index is 13.5. The second-order valence-corrected chi connectivity index (χ2v) is 9.13. The highest BCUT2D eigenvalue weighted by atomic mass is 16.5. The molecule has 0 saturated carbocycles. The third-order valence-electron chi connectivity index (χ3n) is 6.35. The molecular weight excluding hydrogens is 424 g/mol. The van der Waals surface area contributed by atoms with Gasteiger partial charge < -0.3 is 29.2 Å². The summed E-state index contributed by atoms with van der Waals surface area (Å²) < 4.78 is 17.3. The molecule has 2 aromatic carbocycles. The molecular formula is C26H24O7. The van der Waals surface area contributed by atoms with Crippen molar-refractivity contribution in [1.29, 1.82) is 0 Å². The van der Waals surface area contributed by atoms with Crippen LogP contribution in [0.3, 0.4) is 0 Å². The van der Waals surface area contributed by atoms with Crippen LogP contribution in [-0.2, 0) is 6.42 Å². The fourth-order valence-corrected chi connectivity index (χ4v) is 4.69. The number of rotatable bonds is 2. The summed E-state index contributed by atoms with van der Waals surface area (Å²) in [5.41, 5.74) is 0.928. The molecule has 3 N–H and O–H groups in total. The topological polar surface area (TPSA) is 109 Å². The fraction of sp³-hybridized carbons (Fsp3) is 0.269. The van der Waals surface area contributed by atoms with E-state index in [1.807, 2.05) is 13.8 Å². The van der Waals surface area contributed by atoms with Crippen LogP contribution in [0.1, 0.15) is 43.4 Å². The third kappa shape index (κ3) is 2.92. The SMILES string of the molecule is C=C(C)C1Cc2c(oc3cc(OC)cc(O)c3c2=O)-c2c(O)c3c(c(O)c21)OC(C)(C)C=C3. The molecule has 0 bridgehead atoms. The zero-order chi connectivity index (χ0) is 23.8. The Labute approximate surface area is 189 Å². The molecule has 170 valence electrons. The van der Waals surface area contributed by atoms with Gasteiger partial charge in [-0.15, -0.1) is 0 Å². The molecule has 1 unspecified atom stereocenters. The van der Waals surface area contributed by atoms with Crippen molar-refractivity contribution in [3.63, 3.8) is 0 Å². The predicted molar refractivity (Wildman–Crippen MR) is 124 cm³/mol. The summed E-state index contributed by atoms with van der Waals surface area (Å²) in [5, 5.41) is 33.1. The minimum Gasteiger partial charge on any atom is -0.507 e. The molecule has 7 heteroatoms. The standard InChI is InChI=1S/C26H24O7/c1-11(2)14-10-15-22(29)19-16(27)8-12(31-5)9-17(19)32-24(15)20-18(14)23(30)25-13(21(20)28)6-7-26(3,4)33-25/h6-9,14,27-28,30H,1,10H2,2-5H3. The molecule has 0 amide bonds. The number of hydrogen-bond donors (Lipinski definition) is 3. The van der Waals surface area contributed by atoms with Crippen LogP contribution >= 0.6 is 0 Å². The molecule has 3 aromatic rings. The molecule has 0 saturated heterocycles. The Hall–Kier alpha value is -3.87. The first kappa shape index (κ1) is 21.0. The van der Waals surface area contributed by atoms with Gasteiger partial charge in [-0.1, -0.05) is 12.2 Å². The van der Waals surface area contributed by atoms with Crippen LogP contribution in [-0.4, -0.2) is 28.0 Å². The van der Waals surface area contributed by atoms with Gasteiger partial charge in [0.15, 0.2) is 16.9 Å². The van der Waals surface area contributed by atoms with E-state index in [-0.39, 0.29) is 51.7 Å². The van der Waals surface area contributed by atoms with Crippen LogP contribution in [0, 0.1) is 0 Å². The van der Waals surface area contributed by atoms with E-state index in [0.29, 0.717) is 28.0 Å². The lowest BCUT2D eigenvalue weighted by Crippen LogP contribution is -2.28. The lowest BCUT2D eigenvalue weighted by Gasteiger charge is -2.34. The van der Waals surface area contributed by atoms with Gasteiger partial charge in [-0.3, -0.25) is 4.79 Å². The van der Waals surface area contributed by atoms with Crippen molar-refractivity contribution < 1.29 is 29.2 Å². The molecule has 7 nitrogen and oxygen atoms in total. The Balaban J connectivity index is 1.92. The average molecular weight is 448 g/mol. The van der Waals surface area contributed by atoms with Crippen LogP contribution in [0.5, 0.6) is 28.7 Å². The van der Waals surface area contributed by atoms with Crippen molar-refractivity contribution in [3.8, 4) is 40.1 Å². The quantitative estimate of drug-likeness (QED) is 0.374. The van der Waals surface area contributed by atoms with Gasteiger partial charge in [-0.05, 0) is 39.3 Å². The van der Waals surface area contributed by atoms with Gasteiger partial charge in [-0.2, -0.15) is 0 Å². The summed E-state index contributed by atoms with van der Waals surface area (Å²) in [6.45, 7) is 9.54. The summed E-state index contributed by atoms with van der Waals surface area (Å²) in [4.78, 5) is 13.5. The number of phenolic OH excluding ortho intramolecular Hbond substituents is 3. The largest absolute Gasteiger partial charge is 0.507 e. The predicted octanol–water partition coefficient (Wildman–Crippen LogP) is 4.99. The molecule has 0 spiro atoms. The van der Waals surface area contributed by atoms with Crippen LogP contribution in [0.2, 0.25) is 0 Å². The maximum Gasteiger partial charge on any atom is 0.200 e. The van der Waals surface area contributed by atoms with E-state index in [4.69, 9.17) is 13.9 Å². The van der Waals surface area contributed by atoms with Crippen molar-refractivity contribution in [2.24, 2.45) is 0 Å². The summed E-state index contributed by atoms with van der Waals surface area (Å²) in [6.07, 6.45) is 3.65. The molecule has 0 fully saturated rings. The normalized spacial score (nSPS) is 17.6. The van der Waals surface area contributed by atoms with Crippen molar-refractivity contribution >= 4 is 17.0 Å². The van der Waals surface area contributed by atoms with Crippen molar-refractivity contribution in [1.82, 2.24) is 0 Å². The number of hydrogen-bond acceptors (Lipinski definition) is 7. The van der Waals surface area contributed by atoms with Gasteiger partial charge in [0.1, 0.15) is 39.6 Å². The molecule has 2 aliphatic rings. The second kappa shape index (κ2) is 6.81. The molecule has 2 heterocycles. The monoisotopic (exact) mass is 448 g/mol. The minimum atomic E-state index is -0.673. The molecule has 33 heavy (non-hydrogen) atoms. The van der Waals surface area contributed by atoms with Gasteiger partial charge in [0.05, 0.1) is 18.2 Å². The van der Waals surface area contributed by atoms with E-state index >= 15 is 0 Å². The number of fused-ring (bicyclic) bond motifs is 5. The second-order valence-electron chi connectivity index (χ2n) is 9.13. The number of benzene rings is 2. The van der Waals surface area contributed by atoms with E-state index in [2.05, 4.69) is 6.58 Å². The van der Waals surface area contributed by atoms with Gasteiger partial charge in [0.25, 0.3) is 0 Å². The zero-order valence-corrected chi connectivity index (χ0v) is 18.8. The smallest absolute Gasteiger partial charge is 0.200 e. The fourth-order valence-electron chi connectivity index (χ4n) is 4.69. The van der Waals surface area contributed by atoms with E-state index in [9.17, 15) is 20.1 Å². The van der Waals surface area contributed by atoms with Gasteiger partial charge in [-0.25, -0.2) is 0 Å². The molecule has 1 atom stereocenters. The average Bonchev–Trinajstić information content (AvgIpc) is 2.75.